The second kappa shape index (κ2) is 8.18. The maximum atomic E-state index is 13.8. The maximum absolute atomic E-state index is 13.8. The van der Waals surface area contributed by atoms with Gasteiger partial charge in [0.1, 0.15) is 0 Å². The van der Waals surface area contributed by atoms with Crippen LogP contribution in [0.25, 0.3) is 16.5 Å². The fraction of sp³-hybridized carbons (Fsp3) is 0.367. The lowest BCUT2D eigenvalue weighted by atomic mass is 9.69. The predicted molar refractivity (Wildman–Crippen MR) is 140 cm³/mol. The van der Waals surface area contributed by atoms with Crippen LogP contribution in [0, 0.1) is 17.2 Å². The van der Waals surface area contributed by atoms with E-state index in [2.05, 4.69) is 55.3 Å². The number of H-pyrrole nitrogens is 1. The zero-order valence-corrected chi connectivity index (χ0v) is 21.0. The van der Waals surface area contributed by atoms with E-state index in [4.69, 9.17) is 0 Å². The third kappa shape index (κ3) is 3.26. The number of aromatic nitrogens is 1. The van der Waals surface area contributed by atoms with Crippen molar-refractivity contribution < 1.29 is 9.59 Å². The highest BCUT2D eigenvalue weighted by molar-refractivity contribution is 6.20. The number of aryl methyl sites for hydroxylation is 1. The summed E-state index contributed by atoms with van der Waals surface area (Å²) in [6.45, 7) is 9.40. The van der Waals surface area contributed by atoms with Gasteiger partial charge in [0.25, 0.3) is 0 Å². The van der Waals surface area contributed by atoms with Gasteiger partial charge in [0.15, 0.2) is 5.78 Å². The molecule has 1 aromatic heterocycles. The van der Waals surface area contributed by atoms with Gasteiger partial charge in [0.05, 0.1) is 23.1 Å². The average Bonchev–Trinajstić information content (AvgIpc) is 3.26. The number of fused-ring (bicyclic) bond motifs is 4. The average molecular weight is 479 g/mol. The summed E-state index contributed by atoms with van der Waals surface area (Å²) in [5, 5.41) is 13.4. The molecular weight excluding hydrogens is 448 g/mol. The van der Waals surface area contributed by atoms with Crippen LogP contribution in [0.15, 0.2) is 36.4 Å². The Hall–Kier alpha value is -3.69. The topological polar surface area (TPSA) is 89.0 Å². The highest BCUT2D eigenvalue weighted by Crippen LogP contribution is 2.45. The van der Waals surface area contributed by atoms with Crippen LogP contribution < -0.4 is 5.32 Å². The first-order chi connectivity index (χ1) is 17.3. The number of carbonyl (C=O) groups is 2. The lowest BCUT2D eigenvalue weighted by molar-refractivity contribution is -0.136. The van der Waals surface area contributed by atoms with Crippen molar-refractivity contribution in [3.63, 3.8) is 0 Å². The van der Waals surface area contributed by atoms with E-state index in [-0.39, 0.29) is 17.6 Å². The lowest BCUT2D eigenvalue weighted by Gasteiger charge is -2.35. The smallest absolute Gasteiger partial charge is 0.228 e. The first kappa shape index (κ1) is 22.8. The van der Waals surface area contributed by atoms with Crippen molar-refractivity contribution in [1.82, 2.24) is 15.2 Å². The third-order valence-corrected chi connectivity index (χ3v) is 8.32. The molecule has 3 heterocycles. The molecule has 1 saturated heterocycles. The van der Waals surface area contributed by atoms with E-state index in [0.29, 0.717) is 12.1 Å². The molecule has 2 N–H and O–H groups in total. The quantitative estimate of drug-likeness (QED) is 0.587. The Morgan fingerprint density at radius 2 is 2.00 bits per heavy atom. The summed E-state index contributed by atoms with van der Waals surface area (Å²) in [5.74, 6) is 0.416. The highest BCUT2D eigenvalue weighted by Gasteiger charge is 2.40. The maximum Gasteiger partial charge on any atom is 0.228 e. The molecular formula is C30H30N4O2. The van der Waals surface area contributed by atoms with Gasteiger partial charge in [-0.1, -0.05) is 32.9 Å². The Labute approximate surface area is 211 Å². The number of hydrogen-bond acceptors (Lipinski definition) is 4. The van der Waals surface area contributed by atoms with Crippen molar-refractivity contribution in [2.45, 2.75) is 39.0 Å². The molecule has 0 bridgehead atoms. The van der Waals surface area contributed by atoms with Crippen LogP contribution in [0.2, 0.25) is 0 Å². The summed E-state index contributed by atoms with van der Waals surface area (Å²) in [7, 11) is 0. The van der Waals surface area contributed by atoms with Crippen molar-refractivity contribution in [3.8, 4) is 6.07 Å². The lowest BCUT2D eigenvalue weighted by Crippen LogP contribution is -2.52. The Bertz CT molecular complexity index is 1510. The molecule has 1 aliphatic carbocycles. The standard InChI is InChI=1S/C30H30N4O2/c1-4-18-12-23-24(13-22(18)19-7-9-34(10-8-19)29(36)20-15-32-16-20)30(2,3)28-26(27(23)35)21-6-5-17(14-31)11-25(21)33-28/h5-7,11-13,20,32-33H,4,8-10,15-16H2,1-3H3. The molecule has 0 radical (unpaired) electrons. The zero-order valence-electron chi connectivity index (χ0n) is 21.0. The van der Waals surface area contributed by atoms with E-state index in [1.54, 1.807) is 6.07 Å². The normalized spacial score (nSPS) is 18.8. The molecule has 2 aliphatic heterocycles. The molecule has 3 aromatic rings. The number of carbonyl (C=O) groups excluding carboxylic acids is 2. The summed E-state index contributed by atoms with van der Waals surface area (Å²) in [5.41, 5.74) is 8.04. The second-order valence-electron chi connectivity index (χ2n) is 10.7. The molecule has 0 unspecified atom stereocenters. The van der Waals surface area contributed by atoms with Crippen molar-refractivity contribution in [1.29, 1.82) is 5.26 Å². The summed E-state index contributed by atoms with van der Waals surface area (Å²) < 4.78 is 0. The predicted octanol–water partition coefficient (Wildman–Crippen LogP) is 4.31. The van der Waals surface area contributed by atoms with Crippen molar-refractivity contribution in [2.24, 2.45) is 5.92 Å². The van der Waals surface area contributed by atoms with E-state index in [1.165, 1.54) is 16.7 Å². The molecule has 0 atom stereocenters. The van der Waals surface area contributed by atoms with Crippen LogP contribution in [0.1, 0.15) is 71.1 Å². The van der Waals surface area contributed by atoms with Crippen LogP contribution in [-0.2, 0) is 16.6 Å². The molecule has 2 aromatic carbocycles. The molecule has 0 spiro atoms. The number of rotatable bonds is 3. The summed E-state index contributed by atoms with van der Waals surface area (Å²) >= 11 is 0. The van der Waals surface area contributed by atoms with Gasteiger partial charge in [-0.2, -0.15) is 5.26 Å². The van der Waals surface area contributed by atoms with Crippen LogP contribution in [0.4, 0.5) is 0 Å². The van der Waals surface area contributed by atoms with Crippen LogP contribution in [-0.4, -0.2) is 47.8 Å². The number of ketones is 1. The minimum absolute atomic E-state index is 0.0417. The molecule has 182 valence electrons. The molecule has 3 aliphatic rings. The molecule has 0 saturated carbocycles. The molecule has 6 nitrogen and oxygen atoms in total. The van der Waals surface area contributed by atoms with Crippen molar-refractivity contribution in [3.05, 3.63) is 75.5 Å². The Morgan fingerprint density at radius 1 is 1.19 bits per heavy atom. The molecule has 6 rings (SSSR count). The zero-order chi connectivity index (χ0) is 25.2. The SMILES string of the molecule is CCc1cc2c(cc1C1=CCN(C(=O)C3CNC3)CC1)C(C)(C)c1[nH]c3cc(C#N)ccc3c1C2=O. The van der Waals surface area contributed by atoms with Crippen LogP contribution >= 0.6 is 0 Å². The molecule has 36 heavy (non-hydrogen) atoms. The number of hydrogen-bond donors (Lipinski definition) is 2. The van der Waals surface area contributed by atoms with Gasteiger partial charge in [-0.3, -0.25) is 9.59 Å². The first-order valence-corrected chi connectivity index (χ1v) is 12.8. The van der Waals surface area contributed by atoms with Gasteiger partial charge in [-0.25, -0.2) is 0 Å². The van der Waals surface area contributed by atoms with Crippen LogP contribution in [0.5, 0.6) is 0 Å². The Morgan fingerprint density at radius 3 is 2.64 bits per heavy atom. The largest absolute Gasteiger partial charge is 0.357 e. The number of nitrogens with one attached hydrogen (secondary N) is 2. The van der Waals surface area contributed by atoms with Gasteiger partial charge < -0.3 is 15.2 Å². The number of amides is 1. The van der Waals surface area contributed by atoms with Gasteiger partial charge in [0.2, 0.25) is 5.91 Å². The van der Waals surface area contributed by atoms with Gasteiger partial charge in [-0.15, -0.1) is 0 Å². The molecule has 1 fully saturated rings. The summed E-state index contributed by atoms with van der Waals surface area (Å²) in [6.07, 6.45) is 3.85. The van der Waals surface area contributed by atoms with Gasteiger partial charge >= 0.3 is 0 Å². The summed E-state index contributed by atoms with van der Waals surface area (Å²) in [6, 6.07) is 12.0. The van der Waals surface area contributed by atoms with Crippen molar-refractivity contribution >= 4 is 28.2 Å². The van der Waals surface area contributed by atoms with E-state index >= 15 is 0 Å². The minimum Gasteiger partial charge on any atom is -0.357 e. The molecule has 6 heteroatoms. The van der Waals surface area contributed by atoms with E-state index in [0.717, 1.165) is 65.8 Å². The second-order valence-corrected chi connectivity index (χ2v) is 10.7. The number of nitriles is 1. The fourth-order valence-corrected chi connectivity index (χ4v) is 6.02. The highest BCUT2D eigenvalue weighted by atomic mass is 16.2. The molecule has 1 amide bonds. The first-order valence-electron chi connectivity index (χ1n) is 12.8. The summed E-state index contributed by atoms with van der Waals surface area (Å²) in [4.78, 5) is 32.0. The monoisotopic (exact) mass is 478 g/mol. The van der Waals surface area contributed by atoms with E-state index < -0.39 is 5.41 Å². The van der Waals surface area contributed by atoms with Crippen molar-refractivity contribution in [2.75, 3.05) is 26.2 Å². The van der Waals surface area contributed by atoms with E-state index in [1.807, 2.05) is 17.0 Å². The van der Waals surface area contributed by atoms with Gasteiger partial charge in [0, 0.05) is 53.8 Å². The number of aromatic amines is 1. The third-order valence-electron chi connectivity index (χ3n) is 8.32. The van der Waals surface area contributed by atoms with Gasteiger partial charge in [-0.05, 0) is 59.4 Å². The Kier molecular flexibility index (Phi) is 5.17. The minimum atomic E-state index is -0.403. The number of benzene rings is 2. The fourth-order valence-electron chi connectivity index (χ4n) is 6.02. The van der Waals surface area contributed by atoms with E-state index in [9.17, 15) is 14.9 Å². The van der Waals surface area contributed by atoms with Crippen LogP contribution in [0.3, 0.4) is 0 Å². The number of nitrogens with zero attached hydrogens (tertiary/aromatic N) is 2. The Balaban J connectivity index is 1.42.